The summed E-state index contributed by atoms with van der Waals surface area (Å²) in [7, 11) is 3.36. The third-order valence-electron chi connectivity index (χ3n) is 3.46. The summed E-state index contributed by atoms with van der Waals surface area (Å²) in [6.45, 7) is 5.57. The van der Waals surface area contributed by atoms with Gasteiger partial charge >= 0.3 is 0 Å². The lowest BCUT2D eigenvalue weighted by Gasteiger charge is -2.29. The molecular weight excluding hydrogens is 290 g/mol. The third kappa shape index (κ3) is 5.35. The van der Waals surface area contributed by atoms with E-state index in [1.165, 1.54) is 11.0 Å². The van der Waals surface area contributed by atoms with Crippen LogP contribution in [-0.2, 0) is 4.79 Å². The number of benzene rings is 1. The first-order valence-electron chi connectivity index (χ1n) is 7.13. The molecule has 0 saturated heterocycles. The van der Waals surface area contributed by atoms with Crippen molar-refractivity contribution >= 4 is 5.91 Å². The van der Waals surface area contributed by atoms with Crippen LogP contribution in [0.5, 0.6) is 0 Å². The predicted molar refractivity (Wildman–Crippen MR) is 81.3 cm³/mol. The van der Waals surface area contributed by atoms with Gasteiger partial charge in [-0.2, -0.15) is 0 Å². The number of aliphatic hydroxyl groups is 1. The van der Waals surface area contributed by atoms with E-state index in [1.54, 1.807) is 39.8 Å². The minimum atomic E-state index is -0.927. The normalized spacial score (nSPS) is 13.3. The number of halogens is 2. The van der Waals surface area contributed by atoms with Crippen molar-refractivity contribution in [2.24, 2.45) is 0 Å². The van der Waals surface area contributed by atoms with Gasteiger partial charge in [0, 0.05) is 13.6 Å². The Hall–Kier alpha value is -1.53. The molecule has 6 heteroatoms. The molecule has 0 fully saturated rings. The van der Waals surface area contributed by atoms with Crippen molar-refractivity contribution in [3.8, 4) is 0 Å². The highest BCUT2D eigenvalue weighted by molar-refractivity contribution is 5.78. The van der Waals surface area contributed by atoms with Crippen LogP contribution in [0.3, 0.4) is 0 Å². The molecule has 0 aliphatic rings. The van der Waals surface area contributed by atoms with E-state index in [9.17, 15) is 18.7 Å². The second-order valence-corrected chi connectivity index (χ2v) is 6.34. The summed E-state index contributed by atoms with van der Waals surface area (Å²) in [4.78, 5) is 15.4. The van der Waals surface area contributed by atoms with Gasteiger partial charge in [-0.1, -0.05) is 6.07 Å². The van der Waals surface area contributed by atoms with Crippen molar-refractivity contribution in [1.82, 2.24) is 9.80 Å². The molecule has 1 unspecified atom stereocenters. The zero-order valence-electron chi connectivity index (χ0n) is 13.7. The number of carbonyl (C=O) groups is 1. The van der Waals surface area contributed by atoms with E-state index in [4.69, 9.17) is 0 Å². The fourth-order valence-corrected chi connectivity index (χ4v) is 2.27. The maximum Gasteiger partial charge on any atom is 0.236 e. The van der Waals surface area contributed by atoms with Crippen LogP contribution in [-0.4, -0.2) is 53.6 Å². The molecule has 0 bridgehead atoms. The second kappa shape index (κ2) is 7.15. The minimum Gasteiger partial charge on any atom is -0.389 e. The molecule has 0 radical (unpaired) electrons. The quantitative estimate of drug-likeness (QED) is 0.875. The van der Waals surface area contributed by atoms with Crippen molar-refractivity contribution < 1.29 is 18.7 Å². The molecule has 1 atom stereocenters. The highest BCUT2D eigenvalue weighted by Gasteiger charge is 2.22. The summed E-state index contributed by atoms with van der Waals surface area (Å²) < 4.78 is 26.3. The zero-order chi connectivity index (χ0) is 17.1. The van der Waals surface area contributed by atoms with Crippen molar-refractivity contribution in [1.29, 1.82) is 0 Å². The van der Waals surface area contributed by atoms with Crippen LogP contribution < -0.4 is 0 Å². The average Bonchev–Trinajstić information content (AvgIpc) is 2.37. The Balaban J connectivity index is 2.71. The summed E-state index contributed by atoms with van der Waals surface area (Å²) in [6, 6.07) is 3.25. The van der Waals surface area contributed by atoms with Gasteiger partial charge in [0.15, 0.2) is 11.6 Å². The van der Waals surface area contributed by atoms with Crippen LogP contribution in [0.15, 0.2) is 18.2 Å². The summed E-state index contributed by atoms with van der Waals surface area (Å²) >= 11 is 0. The summed E-state index contributed by atoms with van der Waals surface area (Å²) in [5, 5.41) is 9.74. The Labute approximate surface area is 130 Å². The maximum absolute atomic E-state index is 13.3. The van der Waals surface area contributed by atoms with E-state index in [2.05, 4.69) is 0 Å². The highest BCUT2D eigenvalue weighted by Crippen LogP contribution is 2.21. The van der Waals surface area contributed by atoms with Gasteiger partial charge in [0.1, 0.15) is 0 Å². The number of carbonyl (C=O) groups excluding carboxylic acids is 1. The van der Waals surface area contributed by atoms with Gasteiger partial charge in [0.2, 0.25) is 5.91 Å². The molecule has 0 aliphatic carbocycles. The van der Waals surface area contributed by atoms with Gasteiger partial charge in [0.05, 0.1) is 18.2 Å². The molecule has 1 N–H and O–H groups in total. The van der Waals surface area contributed by atoms with Gasteiger partial charge < -0.3 is 10.0 Å². The standard InChI is InChI=1S/C16H24F2N2O2/c1-11(12-6-7-13(17)14(18)8-12)20(5)15(21)9-19(4)10-16(2,3)22/h6-8,11,22H,9-10H2,1-5H3. The molecule has 0 saturated carbocycles. The first-order valence-corrected chi connectivity index (χ1v) is 7.13. The van der Waals surface area contributed by atoms with Gasteiger partial charge in [-0.05, 0) is 45.5 Å². The van der Waals surface area contributed by atoms with Crippen LogP contribution in [0.25, 0.3) is 0 Å². The molecule has 0 spiro atoms. The molecule has 1 amide bonds. The topological polar surface area (TPSA) is 43.8 Å². The minimum absolute atomic E-state index is 0.133. The fraction of sp³-hybridized carbons (Fsp3) is 0.562. The number of nitrogens with zero attached hydrogens (tertiary/aromatic N) is 2. The van der Waals surface area contributed by atoms with Crippen LogP contribution in [0.2, 0.25) is 0 Å². The Kier molecular flexibility index (Phi) is 6.02. The summed E-state index contributed by atoms with van der Waals surface area (Å²) in [6.07, 6.45) is 0. The van der Waals surface area contributed by atoms with E-state index in [0.717, 1.165) is 12.1 Å². The molecule has 1 aromatic rings. The third-order valence-corrected chi connectivity index (χ3v) is 3.46. The van der Waals surface area contributed by atoms with Crippen LogP contribution in [0, 0.1) is 11.6 Å². The first kappa shape index (κ1) is 18.5. The molecule has 1 aromatic carbocycles. The molecule has 22 heavy (non-hydrogen) atoms. The van der Waals surface area contributed by atoms with Gasteiger partial charge in [-0.3, -0.25) is 9.69 Å². The monoisotopic (exact) mass is 314 g/mol. The molecule has 0 aromatic heterocycles. The Morgan fingerprint density at radius 1 is 1.27 bits per heavy atom. The zero-order valence-corrected chi connectivity index (χ0v) is 13.7. The Morgan fingerprint density at radius 2 is 1.86 bits per heavy atom. The molecule has 4 nitrogen and oxygen atoms in total. The van der Waals surface area contributed by atoms with Crippen molar-refractivity contribution in [3.63, 3.8) is 0 Å². The Morgan fingerprint density at radius 3 is 2.36 bits per heavy atom. The first-order chi connectivity index (χ1) is 10.0. The van der Waals surface area contributed by atoms with Crippen molar-refractivity contribution in [2.45, 2.75) is 32.4 Å². The van der Waals surface area contributed by atoms with Crippen LogP contribution in [0.1, 0.15) is 32.4 Å². The van der Waals surface area contributed by atoms with Crippen molar-refractivity contribution in [2.75, 3.05) is 27.2 Å². The van der Waals surface area contributed by atoms with Crippen LogP contribution in [0.4, 0.5) is 8.78 Å². The lowest BCUT2D eigenvalue weighted by Crippen LogP contribution is -2.43. The summed E-state index contributed by atoms with van der Waals surface area (Å²) in [5.74, 6) is -2.00. The van der Waals surface area contributed by atoms with Crippen molar-refractivity contribution in [3.05, 3.63) is 35.4 Å². The second-order valence-electron chi connectivity index (χ2n) is 6.34. The SMILES string of the molecule is CC(c1ccc(F)c(F)c1)N(C)C(=O)CN(C)CC(C)(C)O. The number of rotatable bonds is 6. The van der Waals surface area contributed by atoms with Gasteiger partial charge in [-0.25, -0.2) is 8.78 Å². The van der Waals surface area contributed by atoms with E-state index in [0.29, 0.717) is 12.1 Å². The lowest BCUT2D eigenvalue weighted by molar-refractivity contribution is -0.133. The van der Waals surface area contributed by atoms with Gasteiger partial charge in [-0.15, -0.1) is 0 Å². The number of hydrogen-bond donors (Lipinski definition) is 1. The molecule has 0 aliphatic heterocycles. The smallest absolute Gasteiger partial charge is 0.236 e. The summed E-state index contributed by atoms with van der Waals surface area (Å²) in [5.41, 5.74) is -0.362. The molecular formula is C16H24F2N2O2. The largest absolute Gasteiger partial charge is 0.389 e. The fourth-order valence-electron chi connectivity index (χ4n) is 2.27. The van der Waals surface area contributed by atoms with E-state index in [-0.39, 0.29) is 18.5 Å². The van der Waals surface area contributed by atoms with Gasteiger partial charge in [0.25, 0.3) is 0 Å². The molecule has 124 valence electrons. The number of hydrogen-bond acceptors (Lipinski definition) is 3. The van der Waals surface area contributed by atoms with E-state index >= 15 is 0 Å². The number of amides is 1. The average molecular weight is 314 g/mol. The predicted octanol–water partition coefficient (Wildman–Crippen LogP) is 2.19. The highest BCUT2D eigenvalue weighted by atomic mass is 19.2. The Bertz CT molecular complexity index is 529. The van der Waals surface area contributed by atoms with E-state index < -0.39 is 17.2 Å². The maximum atomic E-state index is 13.3. The number of likely N-dealkylation sites (N-methyl/N-ethyl adjacent to an activating group) is 2. The van der Waals surface area contributed by atoms with Crippen LogP contribution >= 0.6 is 0 Å². The molecule has 1 rings (SSSR count). The lowest BCUT2D eigenvalue weighted by atomic mass is 10.1. The van der Waals surface area contributed by atoms with E-state index in [1.807, 2.05) is 0 Å². The molecule has 0 heterocycles.